The second-order valence-electron chi connectivity index (χ2n) is 8.71. The predicted octanol–water partition coefficient (Wildman–Crippen LogP) is 4.17. The predicted molar refractivity (Wildman–Crippen MR) is 122 cm³/mol. The third-order valence-electron chi connectivity index (χ3n) is 4.80. The summed E-state index contributed by atoms with van der Waals surface area (Å²) in [5, 5.41) is 12.4. The molecule has 4 heterocycles. The van der Waals surface area contributed by atoms with E-state index in [0.29, 0.717) is 24.3 Å². The molecule has 0 atom stereocenters. The third-order valence-corrected chi connectivity index (χ3v) is 6.50. The maximum absolute atomic E-state index is 5.96. The average Bonchev–Trinajstić information content (AvgIpc) is 3.34. The lowest BCUT2D eigenvalue weighted by molar-refractivity contribution is 0.150. The quantitative estimate of drug-likeness (QED) is 0.230. The van der Waals surface area contributed by atoms with E-state index in [1.807, 2.05) is 43.8 Å². The zero-order chi connectivity index (χ0) is 22.0. The second kappa shape index (κ2) is 8.56. The third kappa shape index (κ3) is 5.15. The Morgan fingerprint density at radius 1 is 1.10 bits per heavy atom. The number of nitrogens with zero attached hydrogens (tertiary/aromatic N) is 7. The molecule has 0 aliphatic carbocycles. The van der Waals surface area contributed by atoms with E-state index in [1.165, 1.54) is 0 Å². The topological polar surface area (TPSA) is 95.0 Å². The van der Waals surface area contributed by atoms with E-state index in [-0.39, 0.29) is 6.73 Å². The molecule has 162 valence electrons. The van der Waals surface area contributed by atoms with Gasteiger partial charge in [-0.15, -0.1) is 5.10 Å². The number of anilines is 2. The van der Waals surface area contributed by atoms with E-state index in [1.54, 1.807) is 16.5 Å². The Bertz CT molecular complexity index is 1180. The molecular weight excluding hydrogens is 410 g/mol. The standard InChI is InChI=1S/C21H27N7O2Si/c1-15-25-26-21(30-15)28(14-29-8-9-31(3,4)5)20-7-6-18-19(24-20)10-16(11-22-18)17-12-23-27(2)13-17/h6-7,10-13H,8-9,14H2,1-5H3. The van der Waals surface area contributed by atoms with E-state index < -0.39 is 8.07 Å². The number of ether oxygens (including phenoxy) is 1. The number of hydrogen-bond donors (Lipinski definition) is 0. The number of pyridine rings is 2. The molecule has 4 aromatic rings. The van der Waals surface area contributed by atoms with Crippen LogP contribution >= 0.6 is 0 Å². The summed E-state index contributed by atoms with van der Waals surface area (Å²) >= 11 is 0. The van der Waals surface area contributed by atoms with Gasteiger partial charge in [-0.2, -0.15) is 5.10 Å². The van der Waals surface area contributed by atoms with Gasteiger partial charge in [0.2, 0.25) is 5.89 Å². The highest BCUT2D eigenvalue weighted by Crippen LogP contribution is 2.27. The fourth-order valence-electron chi connectivity index (χ4n) is 3.02. The maximum Gasteiger partial charge on any atom is 0.325 e. The molecule has 0 saturated carbocycles. The van der Waals surface area contributed by atoms with Crippen LogP contribution in [0.25, 0.3) is 22.2 Å². The molecule has 0 aromatic carbocycles. The molecule has 10 heteroatoms. The highest BCUT2D eigenvalue weighted by Gasteiger charge is 2.19. The van der Waals surface area contributed by atoms with Gasteiger partial charge in [0, 0.05) is 52.2 Å². The van der Waals surface area contributed by atoms with Crippen molar-refractivity contribution in [1.29, 1.82) is 0 Å². The number of aryl methyl sites for hydroxylation is 2. The van der Waals surface area contributed by atoms with E-state index in [9.17, 15) is 0 Å². The molecular formula is C21H27N7O2Si. The van der Waals surface area contributed by atoms with Gasteiger partial charge in [-0.05, 0) is 24.2 Å². The molecule has 0 radical (unpaired) electrons. The van der Waals surface area contributed by atoms with Gasteiger partial charge < -0.3 is 9.15 Å². The molecule has 31 heavy (non-hydrogen) atoms. The Morgan fingerprint density at radius 2 is 1.94 bits per heavy atom. The van der Waals surface area contributed by atoms with Gasteiger partial charge in [-0.1, -0.05) is 24.7 Å². The fourth-order valence-corrected chi connectivity index (χ4v) is 3.78. The highest BCUT2D eigenvalue weighted by atomic mass is 28.3. The molecule has 0 aliphatic heterocycles. The molecule has 0 bridgehead atoms. The minimum Gasteiger partial charge on any atom is -0.408 e. The minimum absolute atomic E-state index is 0.278. The van der Waals surface area contributed by atoms with E-state index >= 15 is 0 Å². The largest absolute Gasteiger partial charge is 0.408 e. The van der Waals surface area contributed by atoms with Crippen molar-refractivity contribution >= 4 is 30.9 Å². The van der Waals surface area contributed by atoms with Gasteiger partial charge in [0.1, 0.15) is 12.5 Å². The highest BCUT2D eigenvalue weighted by molar-refractivity contribution is 6.76. The van der Waals surface area contributed by atoms with Crippen LogP contribution in [0.1, 0.15) is 5.89 Å². The van der Waals surface area contributed by atoms with Gasteiger partial charge in [0.25, 0.3) is 0 Å². The second-order valence-corrected chi connectivity index (χ2v) is 14.3. The number of hydrogen-bond acceptors (Lipinski definition) is 8. The summed E-state index contributed by atoms with van der Waals surface area (Å²) in [5.74, 6) is 1.15. The van der Waals surface area contributed by atoms with Crippen LogP contribution < -0.4 is 4.90 Å². The molecule has 0 spiro atoms. The molecule has 4 rings (SSSR count). The van der Waals surface area contributed by atoms with Crippen molar-refractivity contribution in [2.45, 2.75) is 32.6 Å². The monoisotopic (exact) mass is 437 g/mol. The van der Waals surface area contributed by atoms with Gasteiger partial charge in [0.15, 0.2) is 0 Å². The molecule has 0 unspecified atom stereocenters. The molecule has 0 N–H and O–H groups in total. The van der Waals surface area contributed by atoms with E-state index in [4.69, 9.17) is 14.1 Å². The van der Waals surface area contributed by atoms with Crippen LogP contribution in [-0.4, -0.2) is 51.4 Å². The van der Waals surface area contributed by atoms with Crippen LogP contribution in [0.3, 0.4) is 0 Å². The summed E-state index contributed by atoms with van der Waals surface area (Å²) in [6, 6.07) is 7.26. The molecule has 0 fully saturated rings. The SMILES string of the molecule is Cc1nnc(N(COCC[Si](C)(C)C)c2ccc3ncc(-c4cnn(C)c4)cc3n2)o1. The first-order chi connectivity index (χ1) is 14.8. The zero-order valence-corrected chi connectivity index (χ0v) is 19.5. The number of fused-ring (bicyclic) bond motifs is 1. The van der Waals surface area contributed by atoms with Crippen molar-refractivity contribution in [2.24, 2.45) is 7.05 Å². The molecule has 9 nitrogen and oxygen atoms in total. The normalized spacial score (nSPS) is 11.9. The summed E-state index contributed by atoms with van der Waals surface area (Å²) in [5.41, 5.74) is 3.51. The average molecular weight is 438 g/mol. The smallest absolute Gasteiger partial charge is 0.325 e. The Morgan fingerprint density at radius 3 is 2.61 bits per heavy atom. The number of rotatable bonds is 8. The van der Waals surface area contributed by atoms with E-state index in [2.05, 4.69) is 39.9 Å². The van der Waals surface area contributed by atoms with Crippen LogP contribution in [0.5, 0.6) is 0 Å². The summed E-state index contributed by atoms with van der Waals surface area (Å²) in [6.45, 7) is 9.70. The first-order valence-corrected chi connectivity index (χ1v) is 13.9. The Labute approximate surface area is 182 Å². The maximum atomic E-state index is 5.96. The number of aromatic nitrogens is 6. The van der Waals surface area contributed by atoms with Crippen LogP contribution in [0.2, 0.25) is 25.7 Å². The minimum atomic E-state index is -1.18. The first-order valence-electron chi connectivity index (χ1n) is 10.2. The Hall–Kier alpha value is -3.11. The zero-order valence-electron chi connectivity index (χ0n) is 18.5. The van der Waals surface area contributed by atoms with Gasteiger partial charge in [0.05, 0.1) is 17.2 Å². The lowest BCUT2D eigenvalue weighted by Gasteiger charge is -2.21. The summed E-state index contributed by atoms with van der Waals surface area (Å²) in [6.07, 6.45) is 5.60. The molecule has 0 aliphatic rings. The summed E-state index contributed by atoms with van der Waals surface area (Å²) < 4.78 is 13.4. The van der Waals surface area contributed by atoms with Crippen molar-refractivity contribution in [3.8, 4) is 11.1 Å². The van der Waals surface area contributed by atoms with Crippen LogP contribution in [0, 0.1) is 6.92 Å². The lowest BCUT2D eigenvalue weighted by atomic mass is 10.1. The Kier molecular flexibility index (Phi) is 5.83. The fraction of sp³-hybridized carbons (Fsp3) is 0.381. The molecule has 0 saturated heterocycles. The summed E-state index contributed by atoms with van der Waals surface area (Å²) in [4.78, 5) is 11.2. The van der Waals surface area contributed by atoms with Crippen molar-refractivity contribution in [1.82, 2.24) is 29.9 Å². The van der Waals surface area contributed by atoms with Crippen LogP contribution in [0.15, 0.2) is 41.2 Å². The summed E-state index contributed by atoms with van der Waals surface area (Å²) in [7, 11) is 0.707. The van der Waals surface area contributed by atoms with Crippen molar-refractivity contribution in [3.05, 3.63) is 42.7 Å². The van der Waals surface area contributed by atoms with Crippen molar-refractivity contribution in [3.63, 3.8) is 0 Å². The van der Waals surface area contributed by atoms with Gasteiger partial charge >= 0.3 is 6.01 Å². The lowest BCUT2D eigenvalue weighted by Crippen LogP contribution is -2.26. The van der Waals surface area contributed by atoms with Gasteiger partial charge in [-0.3, -0.25) is 14.6 Å². The molecule has 4 aromatic heterocycles. The van der Waals surface area contributed by atoms with E-state index in [0.717, 1.165) is 28.2 Å². The molecule has 0 amide bonds. The van der Waals surface area contributed by atoms with Crippen LogP contribution in [-0.2, 0) is 11.8 Å². The first kappa shape index (κ1) is 21.1. The Balaban J connectivity index is 1.63. The van der Waals surface area contributed by atoms with Gasteiger partial charge in [-0.25, -0.2) is 4.98 Å². The van der Waals surface area contributed by atoms with Crippen molar-refractivity contribution in [2.75, 3.05) is 18.2 Å². The van der Waals surface area contributed by atoms with Crippen molar-refractivity contribution < 1.29 is 9.15 Å². The van der Waals surface area contributed by atoms with Crippen LogP contribution in [0.4, 0.5) is 11.8 Å².